The topological polar surface area (TPSA) is 29.1 Å². The number of rotatable bonds is 5. The summed E-state index contributed by atoms with van der Waals surface area (Å²) in [6, 6.07) is 0.407. The van der Waals surface area contributed by atoms with Crippen molar-refractivity contribution in [1.29, 1.82) is 0 Å². The standard InChI is InChI=1S/C18H31NO/c1-13(17-12-15-7-9-16(17)11-15)19-18(20)10-8-14-5-3-2-4-6-14/h13-17H,2-12H2,1H3,(H,19,20). The molecule has 0 aromatic heterocycles. The van der Waals surface area contributed by atoms with E-state index in [2.05, 4.69) is 12.2 Å². The van der Waals surface area contributed by atoms with Gasteiger partial charge in [-0.25, -0.2) is 0 Å². The first-order valence-electron chi connectivity index (χ1n) is 9.01. The maximum absolute atomic E-state index is 12.1. The zero-order valence-electron chi connectivity index (χ0n) is 13.1. The molecule has 0 heterocycles. The van der Waals surface area contributed by atoms with E-state index in [4.69, 9.17) is 0 Å². The number of hydrogen-bond donors (Lipinski definition) is 1. The summed E-state index contributed by atoms with van der Waals surface area (Å²) in [7, 11) is 0. The second-order valence-electron chi connectivity index (χ2n) is 7.74. The van der Waals surface area contributed by atoms with Crippen molar-refractivity contribution < 1.29 is 4.79 Å². The molecule has 2 heteroatoms. The Kier molecular flexibility index (Phi) is 4.68. The van der Waals surface area contributed by atoms with Crippen molar-refractivity contribution in [3.63, 3.8) is 0 Å². The molecule has 3 saturated carbocycles. The van der Waals surface area contributed by atoms with Crippen molar-refractivity contribution in [2.24, 2.45) is 23.7 Å². The van der Waals surface area contributed by atoms with Crippen LogP contribution in [0.2, 0.25) is 0 Å². The van der Waals surface area contributed by atoms with Crippen LogP contribution in [0, 0.1) is 23.7 Å². The lowest BCUT2D eigenvalue weighted by Gasteiger charge is -2.29. The summed E-state index contributed by atoms with van der Waals surface area (Å²) in [6.45, 7) is 2.24. The van der Waals surface area contributed by atoms with Crippen LogP contribution in [0.1, 0.15) is 77.6 Å². The molecular weight excluding hydrogens is 246 g/mol. The lowest BCUT2D eigenvalue weighted by atomic mass is 9.83. The summed E-state index contributed by atoms with van der Waals surface area (Å²) in [4.78, 5) is 12.1. The highest BCUT2D eigenvalue weighted by atomic mass is 16.1. The highest BCUT2D eigenvalue weighted by Gasteiger charge is 2.42. The third-order valence-electron chi connectivity index (χ3n) is 6.33. The SMILES string of the molecule is CC(NC(=O)CCC1CCCCC1)C1CC2CCC1C2. The van der Waals surface area contributed by atoms with Crippen LogP contribution in [0.5, 0.6) is 0 Å². The van der Waals surface area contributed by atoms with Gasteiger partial charge in [-0.15, -0.1) is 0 Å². The van der Waals surface area contributed by atoms with Gasteiger partial charge in [0, 0.05) is 12.5 Å². The van der Waals surface area contributed by atoms with Crippen molar-refractivity contribution in [2.45, 2.75) is 83.6 Å². The lowest BCUT2D eigenvalue weighted by Crippen LogP contribution is -2.40. The molecule has 0 aliphatic heterocycles. The number of amides is 1. The highest BCUT2D eigenvalue weighted by molar-refractivity contribution is 5.76. The van der Waals surface area contributed by atoms with E-state index in [0.29, 0.717) is 11.9 Å². The van der Waals surface area contributed by atoms with Gasteiger partial charge in [-0.05, 0) is 56.3 Å². The van der Waals surface area contributed by atoms with Gasteiger partial charge in [0.1, 0.15) is 0 Å². The molecule has 0 aromatic rings. The third kappa shape index (κ3) is 3.38. The summed E-state index contributed by atoms with van der Waals surface area (Å²) in [5.41, 5.74) is 0. The second kappa shape index (κ2) is 6.49. The zero-order chi connectivity index (χ0) is 13.9. The van der Waals surface area contributed by atoms with Crippen molar-refractivity contribution in [3.05, 3.63) is 0 Å². The highest BCUT2D eigenvalue weighted by Crippen LogP contribution is 2.49. The van der Waals surface area contributed by atoms with E-state index in [1.807, 2.05) is 0 Å². The Morgan fingerprint density at radius 3 is 2.55 bits per heavy atom. The molecule has 3 fully saturated rings. The third-order valence-corrected chi connectivity index (χ3v) is 6.33. The molecule has 0 aromatic carbocycles. The number of hydrogen-bond acceptors (Lipinski definition) is 1. The normalized spacial score (nSPS) is 35.1. The Balaban J connectivity index is 1.37. The molecule has 1 N–H and O–H groups in total. The first-order valence-corrected chi connectivity index (χ1v) is 9.01. The fraction of sp³-hybridized carbons (Fsp3) is 0.944. The summed E-state index contributed by atoms with van der Waals surface area (Å²) < 4.78 is 0. The van der Waals surface area contributed by atoms with Crippen LogP contribution in [0.4, 0.5) is 0 Å². The quantitative estimate of drug-likeness (QED) is 0.798. The van der Waals surface area contributed by atoms with E-state index in [0.717, 1.165) is 36.5 Å². The Labute approximate surface area is 124 Å². The predicted octanol–water partition coefficient (Wildman–Crippen LogP) is 4.29. The molecule has 114 valence electrons. The molecule has 1 amide bonds. The Morgan fingerprint density at radius 2 is 1.90 bits per heavy atom. The predicted molar refractivity (Wildman–Crippen MR) is 82.4 cm³/mol. The van der Waals surface area contributed by atoms with Gasteiger partial charge in [0.05, 0.1) is 0 Å². The number of carbonyl (C=O) groups excluding carboxylic acids is 1. The van der Waals surface area contributed by atoms with Gasteiger partial charge in [-0.3, -0.25) is 4.79 Å². The van der Waals surface area contributed by atoms with E-state index >= 15 is 0 Å². The second-order valence-corrected chi connectivity index (χ2v) is 7.74. The van der Waals surface area contributed by atoms with Gasteiger partial charge in [0.2, 0.25) is 5.91 Å². The van der Waals surface area contributed by atoms with Gasteiger partial charge < -0.3 is 5.32 Å². The Morgan fingerprint density at radius 1 is 1.10 bits per heavy atom. The lowest BCUT2D eigenvalue weighted by molar-refractivity contribution is -0.122. The van der Waals surface area contributed by atoms with Crippen LogP contribution in [0.25, 0.3) is 0 Å². The molecule has 0 radical (unpaired) electrons. The van der Waals surface area contributed by atoms with Gasteiger partial charge >= 0.3 is 0 Å². The van der Waals surface area contributed by atoms with E-state index < -0.39 is 0 Å². The molecule has 2 bridgehead atoms. The average molecular weight is 277 g/mol. The van der Waals surface area contributed by atoms with Crippen LogP contribution in [0.15, 0.2) is 0 Å². The Bertz CT molecular complexity index is 334. The first-order chi connectivity index (χ1) is 9.72. The first kappa shape index (κ1) is 14.4. The number of fused-ring (bicyclic) bond motifs is 2. The minimum Gasteiger partial charge on any atom is -0.353 e. The maximum Gasteiger partial charge on any atom is 0.220 e. The molecular formula is C18H31NO. The van der Waals surface area contributed by atoms with Gasteiger partial charge in [0.15, 0.2) is 0 Å². The maximum atomic E-state index is 12.1. The van der Waals surface area contributed by atoms with Crippen molar-refractivity contribution in [3.8, 4) is 0 Å². The molecule has 0 spiro atoms. The van der Waals surface area contributed by atoms with E-state index in [1.54, 1.807) is 0 Å². The molecule has 3 aliphatic carbocycles. The molecule has 4 unspecified atom stereocenters. The Hall–Kier alpha value is -0.530. The smallest absolute Gasteiger partial charge is 0.220 e. The van der Waals surface area contributed by atoms with Crippen molar-refractivity contribution >= 4 is 5.91 Å². The minimum atomic E-state index is 0.311. The summed E-state index contributed by atoms with van der Waals surface area (Å²) in [5, 5.41) is 3.31. The van der Waals surface area contributed by atoms with Crippen LogP contribution < -0.4 is 5.32 Å². The average Bonchev–Trinajstić information content (AvgIpc) is 3.09. The van der Waals surface area contributed by atoms with Crippen LogP contribution in [-0.4, -0.2) is 11.9 Å². The fourth-order valence-electron chi connectivity index (χ4n) is 5.15. The monoisotopic (exact) mass is 277 g/mol. The van der Waals surface area contributed by atoms with Gasteiger partial charge in [-0.2, -0.15) is 0 Å². The van der Waals surface area contributed by atoms with Gasteiger partial charge in [-0.1, -0.05) is 38.5 Å². The minimum absolute atomic E-state index is 0.311. The van der Waals surface area contributed by atoms with Gasteiger partial charge in [0.25, 0.3) is 0 Å². The number of nitrogens with one attached hydrogen (secondary N) is 1. The summed E-state index contributed by atoms with van der Waals surface area (Å²) in [6.07, 6.45) is 14.4. The van der Waals surface area contributed by atoms with E-state index in [9.17, 15) is 4.79 Å². The van der Waals surface area contributed by atoms with E-state index in [1.165, 1.54) is 57.8 Å². The number of carbonyl (C=O) groups is 1. The molecule has 3 rings (SSSR count). The molecule has 20 heavy (non-hydrogen) atoms. The molecule has 2 nitrogen and oxygen atoms in total. The van der Waals surface area contributed by atoms with Crippen molar-refractivity contribution in [2.75, 3.05) is 0 Å². The molecule has 3 aliphatic rings. The van der Waals surface area contributed by atoms with Crippen LogP contribution in [-0.2, 0) is 4.79 Å². The van der Waals surface area contributed by atoms with Crippen LogP contribution in [0.3, 0.4) is 0 Å². The summed E-state index contributed by atoms with van der Waals surface area (Å²) in [5.74, 6) is 3.80. The molecule has 4 atom stereocenters. The zero-order valence-corrected chi connectivity index (χ0v) is 13.1. The summed E-state index contributed by atoms with van der Waals surface area (Å²) >= 11 is 0. The fourth-order valence-corrected chi connectivity index (χ4v) is 5.15. The van der Waals surface area contributed by atoms with Crippen molar-refractivity contribution in [1.82, 2.24) is 5.32 Å². The largest absolute Gasteiger partial charge is 0.353 e. The van der Waals surface area contributed by atoms with Crippen LogP contribution >= 0.6 is 0 Å². The molecule has 0 saturated heterocycles. The van der Waals surface area contributed by atoms with E-state index in [-0.39, 0.29) is 0 Å².